The zero-order valence-corrected chi connectivity index (χ0v) is 23.3. The third-order valence-electron chi connectivity index (χ3n) is 8.69. The van der Waals surface area contributed by atoms with Gasteiger partial charge in [-0.2, -0.15) is 30.4 Å². The normalized spacial score (nSPS) is 28.8. The predicted molar refractivity (Wildman–Crippen MR) is 141 cm³/mol. The largest absolute Gasteiger partial charge is 0.455 e. The first-order valence-corrected chi connectivity index (χ1v) is 14.8. The summed E-state index contributed by atoms with van der Waals surface area (Å²) in [4.78, 5) is 26.8. The maximum atomic E-state index is 14.1. The van der Waals surface area contributed by atoms with Crippen molar-refractivity contribution in [2.75, 3.05) is 0 Å². The Bertz CT molecular complexity index is 1290. The van der Waals surface area contributed by atoms with Gasteiger partial charge in [0.2, 0.25) is 0 Å². The molecule has 16 heteroatoms. The third kappa shape index (κ3) is 5.42. The van der Waals surface area contributed by atoms with E-state index in [1.54, 1.807) is 6.07 Å². The number of ether oxygens (including phenoxy) is 2. The molecule has 3 unspecified atom stereocenters. The molecular formula is C24H30B3F5O7S. The molecule has 1 N–H and O–H groups in total. The van der Waals surface area contributed by atoms with E-state index in [9.17, 15) is 40.0 Å². The Labute approximate surface area is 231 Å². The molecule has 4 fully saturated rings. The summed E-state index contributed by atoms with van der Waals surface area (Å²) in [5.41, 5.74) is 0.261. The molecule has 1 aromatic rings. The van der Waals surface area contributed by atoms with Crippen LogP contribution in [-0.4, -0.2) is 71.6 Å². The van der Waals surface area contributed by atoms with E-state index in [0.29, 0.717) is 43.8 Å². The van der Waals surface area contributed by atoms with E-state index in [1.165, 1.54) is 0 Å². The molecule has 0 saturated heterocycles. The molecule has 40 heavy (non-hydrogen) atoms. The second kappa shape index (κ2) is 10.3. The van der Waals surface area contributed by atoms with Crippen molar-refractivity contribution >= 4 is 45.6 Å². The van der Waals surface area contributed by atoms with Crippen LogP contribution in [0, 0.1) is 17.3 Å². The second-order valence-corrected chi connectivity index (χ2v) is 13.0. The topological polar surface area (TPSA) is 107 Å². The molecule has 4 aliphatic rings. The highest BCUT2D eigenvalue weighted by Crippen LogP contribution is 2.63. The maximum Gasteiger partial charge on any atom is 0.432 e. The fourth-order valence-electron chi connectivity index (χ4n) is 7.40. The van der Waals surface area contributed by atoms with Crippen LogP contribution in [0.1, 0.15) is 65.6 Å². The number of benzene rings is 1. The van der Waals surface area contributed by atoms with Crippen LogP contribution in [0.3, 0.4) is 0 Å². The number of halogens is 5. The van der Waals surface area contributed by atoms with Gasteiger partial charge in [-0.1, -0.05) is 36.2 Å². The van der Waals surface area contributed by atoms with Crippen LogP contribution in [-0.2, 0) is 43.3 Å². The Balaban J connectivity index is 1.65. The summed E-state index contributed by atoms with van der Waals surface area (Å²) in [7, 11) is -0.737. The van der Waals surface area contributed by atoms with Crippen molar-refractivity contribution in [2.45, 2.75) is 80.6 Å². The lowest BCUT2D eigenvalue weighted by Crippen LogP contribution is -2.61. The van der Waals surface area contributed by atoms with E-state index < -0.39 is 50.6 Å². The van der Waals surface area contributed by atoms with E-state index in [1.807, 2.05) is 29.6 Å². The molecule has 4 aliphatic carbocycles. The van der Waals surface area contributed by atoms with E-state index in [4.69, 9.17) is 9.29 Å². The molecule has 0 radical (unpaired) electrons. The van der Waals surface area contributed by atoms with Gasteiger partial charge in [-0.3, -0.25) is 9.35 Å². The first-order valence-electron chi connectivity index (χ1n) is 13.4. The number of carbonyl (C=O) groups excluding carboxylic acids is 2. The molecule has 218 valence electrons. The smallest absolute Gasteiger partial charge is 0.432 e. The van der Waals surface area contributed by atoms with Gasteiger partial charge in [-0.15, -0.1) is 0 Å². The van der Waals surface area contributed by atoms with Crippen LogP contribution < -0.4 is 0 Å². The first kappa shape index (κ1) is 30.9. The lowest BCUT2D eigenvalue weighted by Gasteiger charge is -2.59. The molecule has 0 spiro atoms. The van der Waals surface area contributed by atoms with Gasteiger partial charge in [0.05, 0.1) is 11.0 Å². The van der Waals surface area contributed by atoms with Crippen LogP contribution in [0.15, 0.2) is 12.1 Å². The van der Waals surface area contributed by atoms with Gasteiger partial charge >= 0.3 is 33.5 Å². The molecule has 4 bridgehead atoms. The summed E-state index contributed by atoms with van der Waals surface area (Å²) in [6, 6.07) is 3.79. The summed E-state index contributed by atoms with van der Waals surface area (Å²) in [6.45, 7) is 0. The highest BCUT2D eigenvalue weighted by Gasteiger charge is 2.69. The highest BCUT2D eigenvalue weighted by atomic mass is 32.2. The number of hydrogen-bond donors (Lipinski definition) is 1. The molecule has 0 aromatic heterocycles. The number of hydrogen-bond acceptors (Lipinski definition) is 6. The third-order valence-corrected chi connectivity index (χ3v) is 9.59. The van der Waals surface area contributed by atoms with Crippen LogP contribution in [0.4, 0.5) is 22.0 Å². The summed E-state index contributed by atoms with van der Waals surface area (Å²) in [5.74, 6) is -2.71. The fourth-order valence-corrected chi connectivity index (χ4v) is 7.85. The lowest BCUT2D eigenvalue weighted by atomic mass is 9.48. The van der Waals surface area contributed by atoms with Crippen molar-refractivity contribution in [3.8, 4) is 0 Å². The minimum Gasteiger partial charge on any atom is -0.455 e. The van der Waals surface area contributed by atoms with Crippen molar-refractivity contribution in [1.82, 2.24) is 0 Å². The standard InChI is InChI=1S/C24H30B3F5O7S/c25-8-12-2-15(9-26)17(10-27)16(3-12)18(33)39-22-6-13-1-14(7-22)5-21(4-13,11-22)20(34)38-19(23(28,29)30)24(31,32)40(35,36)37/h2-3,13-14,19H,1,4-11,25-27H2,(H,35,36,37). The first-order chi connectivity index (χ1) is 18.4. The number of esters is 2. The monoisotopic (exact) mass is 590 g/mol. The Hall–Kier alpha value is -2.09. The molecule has 5 rings (SSSR count). The minimum absolute atomic E-state index is 0.0369. The Morgan fingerprint density at radius 2 is 1.60 bits per heavy atom. The minimum atomic E-state index is -6.56. The molecular weight excluding hydrogens is 560 g/mol. The quantitative estimate of drug-likeness (QED) is 0.202. The average Bonchev–Trinajstić information content (AvgIpc) is 2.83. The summed E-state index contributed by atoms with van der Waals surface area (Å²) in [6.07, 6.45) is -7.25. The van der Waals surface area contributed by atoms with E-state index in [-0.39, 0.29) is 31.1 Å². The Morgan fingerprint density at radius 3 is 2.08 bits per heavy atom. The van der Waals surface area contributed by atoms with Crippen LogP contribution in [0.25, 0.3) is 0 Å². The van der Waals surface area contributed by atoms with Crippen LogP contribution in [0.5, 0.6) is 0 Å². The summed E-state index contributed by atoms with van der Waals surface area (Å²) in [5, 5.41) is -5.81. The van der Waals surface area contributed by atoms with E-state index >= 15 is 0 Å². The van der Waals surface area contributed by atoms with Crippen molar-refractivity contribution < 1.29 is 54.0 Å². The molecule has 4 saturated carbocycles. The highest BCUT2D eigenvalue weighted by molar-refractivity contribution is 7.86. The summed E-state index contributed by atoms with van der Waals surface area (Å²) >= 11 is 0. The SMILES string of the molecule is BCc1cc(CB)c(CB)c(C(=O)OC23CC4CC(C2)CC(C(=O)OC(C(F)(F)F)C(F)(F)S(=O)(=O)O)(C4)C3)c1. The predicted octanol–water partition coefficient (Wildman–Crippen LogP) is 1.54. The number of carbonyl (C=O) groups is 2. The van der Waals surface area contributed by atoms with E-state index in [0.717, 1.165) is 16.7 Å². The second-order valence-electron chi connectivity index (χ2n) is 11.5. The van der Waals surface area contributed by atoms with Gasteiger partial charge in [-0.25, -0.2) is 4.79 Å². The van der Waals surface area contributed by atoms with Gasteiger partial charge in [0, 0.05) is 6.42 Å². The Morgan fingerprint density at radius 1 is 1.00 bits per heavy atom. The van der Waals surface area contributed by atoms with Gasteiger partial charge in [0.25, 0.3) is 6.10 Å². The van der Waals surface area contributed by atoms with Gasteiger partial charge in [0.1, 0.15) is 29.1 Å². The molecule has 0 amide bonds. The van der Waals surface area contributed by atoms with E-state index in [2.05, 4.69) is 4.74 Å². The zero-order chi connectivity index (χ0) is 29.9. The lowest BCUT2D eigenvalue weighted by molar-refractivity contribution is -0.269. The Kier molecular flexibility index (Phi) is 7.97. The van der Waals surface area contributed by atoms with Crippen molar-refractivity contribution in [3.05, 3.63) is 34.4 Å². The molecule has 0 heterocycles. The average molecular weight is 590 g/mol. The maximum absolute atomic E-state index is 14.1. The van der Waals surface area contributed by atoms with Gasteiger partial charge < -0.3 is 9.47 Å². The summed E-state index contributed by atoms with van der Waals surface area (Å²) < 4.78 is 110. The number of rotatable bonds is 9. The zero-order valence-electron chi connectivity index (χ0n) is 22.4. The van der Waals surface area contributed by atoms with Crippen LogP contribution >= 0.6 is 0 Å². The molecule has 7 nitrogen and oxygen atoms in total. The van der Waals surface area contributed by atoms with Crippen molar-refractivity contribution in [3.63, 3.8) is 0 Å². The number of alkyl halides is 5. The van der Waals surface area contributed by atoms with Gasteiger partial charge in [0.15, 0.2) is 0 Å². The fraction of sp³-hybridized carbons (Fsp3) is 0.667. The van der Waals surface area contributed by atoms with Crippen LogP contribution in [0.2, 0.25) is 0 Å². The van der Waals surface area contributed by atoms with Gasteiger partial charge in [-0.05, 0) is 55.6 Å². The molecule has 1 aromatic carbocycles. The molecule has 0 aliphatic heterocycles. The van der Waals surface area contributed by atoms with Crippen molar-refractivity contribution in [2.24, 2.45) is 17.3 Å². The molecule has 3 atom stereocenters. The van der Waals surface area contributed by atoms with Crippen molar-refractivity contribution in [1.29, 1.82) is 0 Å².